The van der Waals surface area contributed by atoms with E-state index in [1.165, 1.54) is 10.4 Å². The number of nitriles is 1. The Morgan fingerprint density at radius 2 is 2.16 bits per heavy atom. The maximum absolute atomic E-state index is 13.1. The highest BCUT2D eigenvalue weighted by Crippen LogP contribution is 2.29. The molecular formula is C17H19ClN4O2S. The molecular weight excluding hydrogens is 360 g/mol. The summed E-state index contributed by atoms with van der Waals surface area (Å²) >= 11 is 0. The second-order valence-electron chi connectivity index (χ2n) is 5.71. The number of sulfonamides is 1. The summed E-state index contributed by atoms with van der Waals surface area (Å²) in [4.78, 5) is 4.32. The van der Waals surface area contributed by atoms with Gasteiger partial charge in [-0.1, -0.05) is 6.07 Å². The lowest BCUT2D eigenvalue weighted by Crippen LogP contribution is -2.48. The van der Waals surface area contributed by atoms with Gasteiger partial charge in [0.15, 0.2) is 0 Å². The van der Waals surface area contributed by atoms with E-state index >= 15 is 0 Å². The van der Waals surface area contributed by atoms with E-state index in [2.05, 4.69) is 16.4 Å². The van der Waals surface area contributed by atoms with Gasteiger partial charge in [0, 0.05) is 32.0 Å². The number of rotatable bonds is 3. The van der Waals surface area contributed by atoms with Gasteiger partial charge in [0.1, 0.15) is 0 Å². The molecule has 1 N–H and O–H groups in total. The van der Waals surface area contributed by atoms with Gasteiger partial charge >= 0.3 is 0 Å². The van der Waals surface area contributed by atoms with Gasteiger partial charge in [-0.25, -0.2) is 8.42 Å². The van der Waals surface area contributed by atoms with E-state index in [9.17, 15) is 8.42 Å². The molecule has 6 nitrogen and oxygen atoms in total. The van der Waals surface area contributed by atoms with Crippen molar-refractivity contribution in [3.63, 3.8) is 0 Å². The van der Waals surface area contributed by atoms with Gasteiger partial charge in [-0.3, -0.25) is 4.98 Å². The van der Waals surface area contributed by atoms with Crippen LogP contribution in [0, 0.1) is 18.3 Å². The molecule has 3 rings (SSSR count). The van der Waals surface area contributed by atoms with Crippen molar-refractivity contribution < 1.29 is 8.42 Å². The van der Waals surface area contributed by atoms with Crippen LogP contribution in [0.1, 0.15) is 22.7 Å². The summed E-state index contributed by atoms with van der Waals surface area (Å²) in [6, 6.07) is 10.1. The Hall–Kier alpha value is -1.98. The zero-order chi connectivity index (χ0) is 17.2. The van der Waals surface area contributed by atoms with Crippen LogP contribution in [0.4, 0.5) is 0 Å². The minimum absolute atomic E-state index is 0. The lowest BCUT2D eigenvalue weighted by Gasteiger charge is -2.35. The highest BCUT2D eigenvalue weighted by molar-refractivity contribution is 7.89. The molecule has 0 saturated carbocycles. The fourth-order valence-corrected chi connectivity index (χ4v) is 4.59. The molecule has 1 unspecified atom stereocenters. The van der Waals surface area contributed by atoms with Crippen molar-refractivity contribution >= 4 is 22.4 Å². The van der Waals surface area contributed by atoms with Gasteiger partial charge in [-0.15, -0.1) is 12.4 Å². The van der Waals surface area contributed by atoms with Crippen LogP contribution in [0.25, 0.3) is 0 Å². The van der Waals surface area contributed by atoms with Gasteiger partial charge in [0.25, 0.3) is 0 Å². The van der Waals surface area contributed by atoms with E-state index in [0.29, 0.717) is 30.8 Å². The van der Waals surface area contributed by atoms with Crippen LogP contribution in [0.2, 0.25) is 0 Å². The Morgan fingerprint density at radius 3 is 2.80 bits per heavy atom. The summed E-state index contributed by atoms with van der Waals surface area (Å²) in [6.07, 6.45) is 3.37. The molecule has 1 saturated heterocycles. The smallest absolute Gasteiger partial charge is 0.243 e. The number of aromatic nitrogens is 1. The van der Waals surface area contributed by atoms with Crippen LogP contribution in [0.3, 0.4) is 0 Å². The molecule has 25 heavy (non-hydrogen) atoms. The molecule has 0 bridgehead atoms. The van der Waals surface area contributed by atoms with Gasteiger partial charge in [0.05, 0.1) is 22.6 Å². The van der Waals surface area contributed by atoms with E-state index in [4.69, 9.17) is 5.26 Å². The average Bonchev–Trinajstić information content (AvgIpc) is 2.62. The maximum Gasteiger partial charge on any atom is 0.243 e. The molecule has 0 amide bonds. The number of halogens is 1. The lowest BCUT2D eigenvalue weighted by atomic mass is 10.1. The van der Waals surface area contributed by atoms with Gasteiger partial charge < -0.3 is 5.32 Å². The number of hydrogen-bond acceptors (Lipinski definition) is 5. The number of hydrogen-bond donors (Lipinski definition) is 1. The summed E-state index contributed by atoms with van der Waals surface area (Å²) in [5.41, 5.74) is 2.00. The van der Waals surface area contributed by atoms with Crippen LogP contribution in [0.5, 0.6) is 0 Å². The van der Waals surface area contributed by atoms with E-state index in [-0.39, 0.29) is 23.3 Å². The zero-order valence-corrected chi connectivity index (χ0v) is 15.3. The Morgan fingerprint density at radius 1 is 1.36 bits per heavy atom. The largest absolute Gasteiger partial charge is 0.313 e. The number of aryl methyl sites for hydroxylation is 1. The molecule has 0 radical (unpaired) electrons. The van der Waals surface area contributed by atoms with Crippen LogP contribution in [0.15, 0.2) is 47.6 Å². The molecule has 2 heterocycles. The van der Waals surface area contributed by atoms with Crippen molar-refractivity contribution in [3.8, 4) is 6.07 Å². The number of pyridine rings is 1. The number of benzene rings is 1. The summed E-state index contributed by atoms with van der Waals surface area (Å²) < 4.78 is 27.8. The molecule has 1 aliphatic heterocycles. The topological polar surface area (TPSA) is 86.1 Å². The van der Waals surface area contributed by atoms with Crippen LogP contribution in [-0.2, 0) is 10.0 Å². The Balaban J connectivity index is 0.00000225. The summed E-state index contributed by atoms with van der Waals surface area (Å²) in [5.74, 6) is 0. The third-order valence-corrected chi connectivity index (χ3v) is 6.09. The second kappa shape index (κ2) is 7.93. The quantitative estimate of drug-likeness (QED) is 0.883. The second-order valence-corrected chi connectivity index (χ2v) is 7.60. The fourth-order valence-electron chi connectivity index (χ4n) is 2.89. The van der Waals surface area contributed by atoms with Crippen molar-refractivity contribution in [2.45, 2.75) is 17.9 Å². The summed E-state index contributed by atoms with van der Waals surface area (Å²) in [7, 11) is -3.65. The van der Waals surface area contributed by atoms with E-state index in [1.54, 1.807) is 37.5 Å². The molecule has 132 valence electrons. The van der Waals surface area contributed by atoms with Crippen molar-refractivity contribution in [2.75, 3.05) is 19.6 Å². The van der Waals surface area contributed by atoms with Gasteiger partial charge in [0.2, 0.25) is 10.0 Å². The monoisotopic (exact) mass is 378 g/mol. The number of piperazine rings is 1. The average molecular weight is 379 g/mol. The van der Waals surface area contributed by atoms with Crippen molar-refractivity contribution in [2.24, 2.45) is 0 Å². The van der Waals surface area contributed by atoms with Crippen molar-refractivity contribution in [3.05, 3.63) is 59.4 Å². The Kier molecular flexibility index (Phi) is 6.14. The number of nitrogens with zero attached hydrogens (tertiary/aromatic N) is 3. The first-order valence-electron chi connectivity index (χ1n) is 7.67. The summed E-state index contributed by atoms with van der Waals surface area (Å²) in [6.45, 7) is 3.28. The van der Waals surface area contributed by atoms with Crippen molar-refractivity contribution in [1.29, 1.82) is 5.26 Å². The van der Waals surface area contributed by atoms with Crippen LogP contribution >= 0.6 is 12.4 Å². The molecule has 1 aromatic heterocycles. The normalized spacial score (nSPS) is 18.2. The molecule has 8 heteroatoms. The maximum atomic E-state index is 13.1. The minimum atomic E-state index is -3.65. The molecule has 1 aliphatic rings. The lowest BCUT2D eigenvalue weighted by molar-refractivity contribution is 0.271. The molecule has 0 spiro atoms. The molecule has 1 aromatic carbocycles. The van der Waals surface area contributed by atoms with E-state index < -0.39 is 10.0 Å². The number of nitrogens with one attached hydrogen (secondary N) is 1. The zero-order valence-electron chi connectivity index (χ0n) is 13.7. The van der Waals surface area contributed by atoms with Crippen LogP contribution in [-0.4, -0.2) is 37.3 Å². The third-order valence-electron chi connectivity index (χ3n) is 4.19. The standard InChI is InChI=1S/C17H18N4O2S.ClH/c1-13-9-16(5-4-14(13)10-18)24(22,23)21-8-7-20-12-17(21)15-3-2-6-19-11-15;/h2-6,9,11,17,20H,7-8,12H2,1H3;1H. The minimum Gasteiger partial charge on any atom is -0.313 e. The molecule has 2 aromatic rings. The Bertz CT molecular complexity index is 881. The molecule has 1 fully saturated rings. The Labute approximate surface area is 154 Å². The predicted octanol–water partition coefficient (Wildman–Crippen LogP) is 2.02. The SMILES string of the molecule is Cc1cc(S(=O)(=O)N2CCNCC2c2cccnc2)ccc1C#N.Cl. The fraction of sp³-hybridized carbons (Fsp3) is 0.294. The summed E-state index contributed by atoms with van der Waals surface area (Å²) in [5, 5.41) is 12.3. The van der Waals surface area contributed by atoms with E-state index in [1.807, 2.05) is 6.07 Å². The van der Waals surface area contributed by atoms with Gasteiger partial charge in [-0.2, -0.15) is 9.57 Å². The van der Waals surface area contributed by atoms with Crippen molar-refractivity contribution in [1.82, 2.24) is 14.6 Å². The first-order chi connectivity index (χ1) is 11.5. The highest BCUT2D eigenvalue weighted by Gasteiger charge is 2.34. The third kappa shape index (κ3) is 3.83. The molecule has 1 atom stereocenters. The predicted molar refractivity (Wildman–Crippen MR) is 96.9 cm³/mol. The van der Waals surface area contributed by atoms with Crippen LogP contribution < -0.4 is 5.32 Å². The van der Waals surface area contributed by atoms with Gasteiger partial charge in [-0.05, 0) is 42.3 Å². The van der Waals surface area contributed by atoms with E-state index in [0.717, 1.165) is 5.56 Å². The highest BCUT2D eigenvalue weighted by atomic mass is 35.5. The first kappa shape index (κ1) is 19.3. The first-order valence-corrected chi connectivity index (χ1v) is 9.11. The molecule has 0 aliphatic carbocycles.